The van der Waals surface area contributed by atoms with Crippen molar-refractivity contribution in [3.63, 3.8) is 0 Å². The largest absolute Gasteiger partial charge is 0.480 e. The first-order valence-corrected chi connectivity index (χ1v) is 9.40. The van der Waals surface area contributed by atoms with Crippen LogP contribution in [0.1, 0.15) is 48.0 Å². The second kappa shape index (κ2) is 11.6. The molecule has 0 saturated carbocycles. The van der Waals surface area contributed by atoms with Crippen molar-refractivity contribution >= 4 is 23.7 Å². The smallest absolute Gasteiger partial charge is 0.325 e. The molecule has 0 aliphatic heterocycles. The van der Waals surface area contributed by atoms with E-state index in [9.17, 15) is 24.3 Å². The van der Waals surface area contributed by atoms with Gasteiger partial charge in [0.25, 0.3) is 0 Å². The summed E-state index contributed by atoms with van der Waals surface area (Å²) in [5.41, 5.74) is 5.90. The highest BCUT2D eigenvalue weighted by Crippen LogP contribution is 2.08. The van der Waals surface area contributed by atoms with Crippen LogP contribution in [0.5, 0.6) is 0 Å². The van der Waals surface area contributed by atoms with Gasteiger partial charge >= 0.3 is 5.97 Å². The van der Waals surface area contributed by atoms with Gasteiger partial charge in [0.05, 0.1) is 12.1 Å². The maximum absolute atomic E-state index is 12.6. The Labute approximate surface area is 165 Å². The highest BCUT2D eigenvalue weighted by Gasteiger charge is 2.33. The number of carbonyl (C=O) groups excluding carboxylic acids is 3. The third kappa shape index (κ3) is 7.81. The number of hydrogen-bond donors (Lipinski definition) is 6. The van der Waals surface area contributed by atoms with Crippen LogP contribution in [0.15, 0.2) is 0 Å². The molecule has 10 nitrogen and oxygen atoms in total. The molecule has 0 radical (unpaired) electrons. The maximum Gasteiger partial charge on any atom is 0.325 e. The molecular formula is C18H34N4O6. The average molecular weight is 402 g/mol. The molecule has 0 saturated heterocycles. The Balaban J connectivity index is 5.24. The number of hydrogen-bond acceptors (Lipinski definition) is 6. The standard InChI is InChI=1S/C18H34N4O6/c1-7-9(4)12(19)15(24)21-13(8(2)3)16(25)22-14(11(6)23)17(26)20-10(5)18(27)28/h8-14,23H,7,19H2,1-6H3,(H,20,26)(H,21,24)(H,22,25)(H,27,28). The van der Waals surface area contributed by atoms with Gasteiger partial charge < -0.3 is 31.9 Å². The van der Waals surface area contributed by atoms with E-state index < -0.39 is 54.0 Å². The van der Waals surface area contributed by atoms with Crippen molar-refractivity contribution < 1.29 is 29.4 Å². The van der Waals surface area contributed by atoms with Gasteiger partial charge in [0.15, 0.2) is 0 Å². The lowest BCUT2D eigenvalue weighted by Crippen LogP contribution is -2.60. The number of carboxylic acids is 1. The number of amides is 3. The molecule has 0 aromatic carbocycles. The predicted molar refractivity (Wildman–Crippen MR) is 103 cm³/mol. The molecule has 28 heavy (non-hydrogen) atoms. The van der Waals surface area contributed by atoms with E-state index in [1.807, 2.05) is 13.8 Å². The van der Waals surface area contributed by atoms with Gasteiger partial charge in [-0.25, -0.2) is 0 Å². The third-order valence-corrected chi connectivity index (χ3v) is 4.60. The molecule has 6 unspecified atom stereocenters. The first kappa shape index (κ1) is 25.8. The zero-order valence-electron chi connectivity index (χ0n) is 17.4. The Hall–Kier alpha value is -2.20. The molecule has 0 aliphatic carbocycles. The van der Waals surface area contributed by atoms with Crippen LogP contribution in [-0.2, 0) is 19.2 Å². The highest BCUT2D eigenvalue weighted by molar-refractivity contribution is 5.94. The fraction of sp³-hybridized carbons (Fsp3) is 0.778. The zero-order chi connectivity index (χ0) is 22.2. The predicted octanol–water partition coefficient (Wildman–Crippen LogP) is -1.04. The number of aliphatic hydroxyl groups excluding tert-OH is 1. The minimum absolute atomic E-state index is 0.0793. The van der Waals surface area contributed by atoms with Gasteiger partial charge in [0.1, 0.15) is 18.1 Å². The molecule has 0 bridgehead atoms. The van der Waals surface area contributed by atoms with E-state index in [4.69, 9.17) is 10.8 Å². The molecule has 0 aromatic heterocycles. The summed E-state index contributed by atoms with van der Waals surface area (Å²) in [5, 5.41) is 25.9. The van der Waals surface area contributed by atoms with E-state index in [-0.39, 0.29) is 11.8 Å². The molecule has 0 aromatic rings. The average Bonchev–Trinajstić information content (AvgIpc) is 2.61. The molecule has 0 spiro atoms. The van der Waals surface area contributed by atoms with Crippen LogP contribution in [0.4, 0.5) is 0 Å². The highest BCUT2D eigenvalue weighted by atomic mass is 16.4. The van der Waals surface area contributed by atoms with E-state index in [2.05, 4.69) is 16.0 Å². The SMILES string of the molecule is CCC(C)C(N)C(=O)NC(C(=O)NC(C(=O)NC(C)C(=O)O)C(C)O)C(C)C. The van der Waals surface area contributed by atoms with Gasteiger partial charge in [0, 0.05) is 0 Å². The van der Waals surface area contributed by atoms with E-state index in [1.54, 1.807) is 13.8 Å². The zero-order valence-corrected chi connectivity index (χ0v) is 17.4. The van der Waals surface area contributed by atoms with Crippen LogP contribution in [0.2, 0.25) is 0 Å². The molecule has 0 fully saturated rings. The normalized spacial score (nSPS) is 17.6. The van der Waals surface area contributed by atoms with Crippen molar-refractivity contribution in [2.24, 2.45) is 17.6 Å². The summed E-state index contributed by atoms with van der Waals surface area (Å²) in [6.07, 6.45) is -0.588. The Kier molecular flexibility index (Phi) is 10.7. The number of carboxylic acid groups (broad SMARTS) is 1. The van der Waals surface area contributed by atoms with Gasteiger partial charge in [0.2, 0.25) is 17.7 Å². The lowest BCUT2D eigenvalue weighted by molar-refractivity contribution is -0.142. The molecule has 7 N–H and O–H groups in total. The Morgan fingerprint density at radius 3 is 1.71 bits per heavy atom. The summed E-state index contributed by atoms with van der Waals surface area (Å²) in [6, 6.07) is -4.34. The summed E-state index contributed by atoms with van der Waals surface area (Å²) in [6.45, 7) is 9.69. The van der Waals surface area contributed by atoms with Gasteiger partial charge in [-0.15, -0.1) is 0 Å². The molecule has 0 heterocycles. The van der Waals surface area contributed by atoms with Crippen molar-refractivity contribution in [1.29, 1.82) is 0 Å². The monoisotopic (exact) mass is 402 g/mol. The number of carbonyl (C=O) groups is 4. The van der Waals surface area contributed by atoms with Crippen LogP contribution in [0.3, 0.4) is 0 Å². The summed E-state index contributed by atoms with van der Waals surface area (Å²) in [7, 11) is 0. The molecule has 6 atom stereocenters. The molecule has 0 rings (SSSR count). The van der Waals surface area contributed by atoms with Crippen LogP contribution in [-0.4, -0.2) is 64.2 Å². The van der Waals surface area contributed by atoms with E-state index in [0.717, 1.165) is 0 Å². The number of rotatable bonds is 11. The second-order valence-electron chi connectivity index (χ2n) is 7.44. The van der Waals surface area contributed by atoms with Crippen LogP contribution >= 0.6 is 0 Å². The maximum atomic E-state index is 12.6. The van der Waals surface area contributed by atoms with Crippen molar-refractivity contribution in [3.8, 4) is 0 Å². The van der Waals surface area contributed by atoms with Crippen LogP contribution < -0.4 is 21.7 Å². The van der Waals surface area contributed by atoms with Crippen molar-refractivity contribution in [1.82, 2.24) is 16.0 Å². The third-order valence-electron chi connectivity index (χ3n) is 4.60. The second-order valence-corrected chi connectivity index (χ2v) is 7.44. The van der Waals surface area contributed by atoms with E-state index >= 15 is 0 Å². The van der Waals surface area contributed by atoms with E-state index in [0.29, 0.717) is 6.42 Å². The van der Waals surface area contributed by atoms with Crippen LogP contribution in [0, 0.1) is 11.8 Å². The Morgan fingerprint density at radius 2 is 1.32 bits per heavy atom. The first-order valence-electron chi connectivity index (χ1n) is 9.40. The van der Waals surface area contributed by atoms with Crippen molar-refractivity contribution in [3.05, 3.63) is 0 Å². The summed E-state index contributed by atoms with van der Waals surface area (Å²) < 4.78 is 0. The van der Waals surface area contributed by atoms with Gasteiger partial charge in [-0.1, -0.05) is 34.1 Å². The fourth-order valence-corrected chi connectivity index (χ4v) is 2.31. The molecular weight excluding hydrogens is 368 g/mol. The Morgan fingerprint density at radius 1 is 0.857 bits per heavy atom. The van der Waals surface area contributed by atoms with Crippen molar-refractivity contribution in [2.45, 2.75) is 78.2 Å². The number of nitrogens with two attached hydrogens (primary N) is 1. The minimum Gasteiger partial charge on any atom is -0.480 e. The number of aliphatic carboxylic acids is 1. The lowest BCUT2D eigenvalue weighted by Gasteiger charge is -2.28. The molecule has 10 heteroatoms. The van der Waals surface area contributed by atoms with Gasteiger partial charge in [-0.05, 0) is 25.7 Å². The Bertz CT molecular complexity index is 566. The quantitative estimate of drug-likeness (QED) is 0.256. The van der Waals surface area contributed by atoms with Gasteiger partial charge in [-0.2, -0.15) is 0 Å². The fourth-order valence-electron chi connectivity index (χ4n) is 2.31. The van der Waals surface area contributed by atoms with Crippen molar-refractivity contribution in [2.75, 3.05) is 0 Å². The van der Waals surface area contributed by atoms with Gasteiger partial charge in [-0.3, -0.25) is 19.2 Å². The summed E-state index contributed by atoms with van der Waals surface area (Å²) >= 11 is 0. The molecule has 162 valence electrons. The lowest BCUT2D eigenvalue weighted by atomic mass is 9.97. The summed E-state index contributed by atoms with van der Waals surface area (Å²) in [5.74, 6) is -3.66. The van der Waals surface area contributed by atoms with Crippen LogP contribution in [0.25, 0.3) is 0 Å². The molecule has 0 aliphatic rings. The number of aliphatic hydroxyl groups is 1. The van der Waals surface area contributed by atoms with E-state index in [1.165, 1.54) is 13.8 Å². The first-order chi connectivity index (χ1) is 12.8. The molecule has 3 amide bonds. The summed E-state index contributed by atoms with van der Waals surface area (Å²) in [4.78, 5) is 48.1. The minimum atomic E-state index is -1.38. The number of nitrogens with one attached hydrogen (secondary N) is 3. The topological polar surface area (TPSA) is 171 Å².